The van der Waals surface area contributed by atoms with Crippen LogP contribution in [0.3, 0.4) is 0 Å². The molecule has 0 bridgehead atoms. The molecule has 14 heavy (non-hydrogen) atoms. The van der Waals surface area contributed by atoms with Crippen molar-refractivity contribution in [2.75, 3.05) is 0 Å². The predicted molar refractivity (Wildman–Crippen MR) is 56.9 cm³/mol. The molecule has 0 N–H and O–H groups in total. The van der Waals surface area contributed by atoms with E-state index in [9.17, 15) is 4.79 Å². The van der Waals surface area contributed by atoms with Crippen LogP contribution < -0.4 is 0 Å². The Bertz CT molecular complexity index is 235. The van der Waals surface area contributed by atoms with Gasteiger partial charge in [0.15, 0.2) is 0 Å². The van der Waals surface area contributed by atoms with Gasteiger partial charge in [-0.05, 0) is 39.5 Å². The average molecular weight is 196 g/mol. The molecule has 0 aromatic rings. The standard InChI is InChI=1S/C12H20O2/c1-9(2)11(13)14-12(3,4)10-7-5-6-8-10/h10H,1,5-8H2,2-4H3. The predicted octanol–water partition coefficient (Wildman–Crippen LogP) is 3.07. The second kappa shape index (κ2) is 4.16. The summed E-state index contributed by atoms with van der Waals surface area (Å²) in [6.45, 7) is 9.29. The third kappa shape index (κ3) is 2.60. The molecule has 1 rings (SSSR count). The fourth-order valence-corrected chi connectivity index (χ4v) is 2.03. The highest BCUT2D eigenvalue weighted by Gasteiger charge is 2.35. The lowest BCUT2D eigenvalue weighted by atomic mass is 9.89. The first-order valence-corrected chi connectivity index (χ1v) is 5.32. The van der Waals surface area contributed by atoms with Gasteiger partial charge in [-0.15, -0.1) is 0 Å². The van der Waals surface area contributed by atoms with Crippen LogP contribution in [-0.2, 0) is 9.53 Å². The fraction of sp³-hybridized carbons (Fsp3) is 0.750. The Balaban J connectivity index is 2.56. The summed E-state index contributed by atoms with van der Waals surface area (Å²) in [4.78, 5) is 11.4. The lowest BCUT2D eigenvalue weighted by Crippen LogP contribution is -2.35. The van der Waals surface area contributed by atoms with Crippen molar-refractivity contribution in [2.45, 2.75) is 52.1 Å². The van der Waals surface area contributed by atoms with E-state index < -0.39 is 0 Å². The quantitative estimate of drug-likeness (QED) is 0.512. The van der Waals surface area contributed by atoms with Gasteiger partial charge in [-0.3, -0.25) is 0 Å². The van der Waals surface area contributed by atoms with E-state index in [4.69, 9.17) is 4.74 Å². The minimum atomic E-state index is -0.327. The normalized spacial score (nSPS) is 18.2. The summed E-state index contributed by atoms with van der Waals surface area (Å²) in [5.74, 6) is 0.257. The molecule has 0 aromatic carbocycles. The van der Waals surface area contributed by atoms with Crippen molar-refractivity contribution in [1.29, 1.82) is 0 Å². The second-order valence-electron chi connectivity index (χ2n) is 4.75. The van der Waals surface area contributed by atoms with E-state index in [1.165, 1.54) is 25.7 Å². The van der Waals surface area contributed by atoms with E-state index in [1.807, 2.05) is 13.8 Å². The molecule has 2 nitrogen and oxygen atoms in total. The van der Waals surface area contributed by atoms with Crippen molar-refractivity contribution in [2.24, 2.45) is 5.92 Å². The molecule has 0 radical (unpaired) electrons. The molecule has 0 aliphatic heterocycles. The topological polar surface area (TPSA) is 26.3 Å². The molecule has 0 atom stereocenters. The van der Waals surface area contributed by atoms with Crippen molar-refractivity contribution < 1.29 is 9.53 Å². The molecule has 0 aromatic heterocycles. The molecule has 1 aliphatic carbocycles. The van der Waals surface area contributed by atoms with Gasteiger partial charge in [-0.25, -0.2) is 4.79 Å². The minimum Gasteiger partial charge on any atom is -0.456 e. The highest BCUT2D eigenvalue weighted by molar-refractivity contribution is 5.87. The van der Waals surface area contributed by atoms with Crippen LogP contribution in [0.15, 0.2) is 12.2 Å². The Morgan fingerprint density at radius 3 is 2.29 bits per heavy atom. The zero-order valence-electron chi connectivity index (χ0n) is 9.43. The summed E-state index contributed by atoms with van der Waals surface area (Å²) in [5, 5.41) is 0. The highest BCUT2D eigenvalue weighted by atomic mass is 16.6. The smallest absolute Gasteiger partial charge is 0.333 e. The summed E-state index contributed by atoms with van der Waals surface area (Å²) >= 11 is 0. The zero-order chi connectivity index (χ0) is 10.8. The van der Waals surface area contributed by atoms with E-state index in [-0.39, 0.29) is 11.6 Å². The average Bonchev–Trinajstić information content (AvgIpc) is 2.54. The number of carbonyl (C=O) groups excluding carboxylic acids is 1. The van der Waals surface area contributed by atoms with Crippen molar-refractivity contribution in [3.05, 3.63) is 12.2 Å². The van der Waals surface area contributed by atoms with Crippen LogP contribution in [0.4, 0.5) is 0 Å². The molecule has 1 fully saturated rings. The molecule has 1 aliphatic rings. The molecular formula is C12H20O2. The van der Waals surface area contributed by atoms with Gasteiger partial charge in [0.25, 0.3) is 0 Å². The Morgan fingerprint density at radius 1 is 1.36 bits per heavy atom. The van der Waals surface area contributed by atoms with Crippen LogP contribution in [-0.4, -0.2) is 11.6 Å². The number of ether oxygens (including phenoxy) is 1. The van der Waals surface area contributed by atoms with Crippen molar-refractivity contribution in [3.8, 4) is 0 Å². The maximum absolute atomic E-state index is 11.4. The monoisotopic (exact) mass is 196 g/mol. The van der Waals surface area contributed by atoms with E-state index in [0.717, 1.165) is 0 Å². The van der Waals surface area contributed by atoms with Crippen molar-refractivity contribution in [3.63, 3.8) is 0 Å². The molecule has 0 saturated heterocycles. The zero-order valence-corrected chi connectivity index (χ0v) is 9.43. The summed E-state index contributed by atoms with van der Waals surface area (Å²) < 4.78 is 5.44. The third-order valence-electron chi connectivity index (χ3n) is 3.04. The lowest BCUT2D eigenvalue weighted by Gasteiger charge is -2.31. The van der Waals surface area contributed by atoms with Gasteiger partial charge in [0.2, 0.25) is 0 Å². The van der Waals surface area contributed by atoms with Crippen molar-refractivity contribution >= 4 is 5.97 Å². The van der Waals surface area contributed by atoms with Gasteiger partial charge >= 0.3 is 5.97 Å². The SMILES string of the molecule is C=C(C)C(=O)OC(C)(C)C1CCCC1. The number of hydrogen-bond donors (Lipinski definition) is 0. The molecule has 2 heteroatoms. The summed E-state index contributed by atoms with van der Waals surface area (Å²) in [6.07, 6.45) is 4.88. The second-order valence-corrected chi connectivity index (χ2v) is 4.75. The minimum absolute atomic E-state index is 0.262. The lowest BCUT2D eigenvalue weighted by molar-refractivity contribution is -0.156. The first-order chi connectivity index (χ1) is 6.43. The van der Waals surface area contributed by atoms with Gasteiger partial charge in [0, 0.05) is 5.57 Å². The Hall–Kier alpha value is -0.790. The van der Waals surface area contributed by atoms with Crippen LogP contribution in [0.5, 0.6) is 0 Å². The molecular weight excluding hydrogens is 176 g/mol. The third-order valence-corrected chi connectivity index (χ3v) is 3.04. The van der Waals surface area contributed by atoms with E-state index in [2.05, 4.69) is 6.58 Å². The maximum atomic E-state index is 11.4. The van der Waals surface area contributed by atoms with Crippen LogP contribution in [0.25, 0.3) is 0 Å². The van der Waals surface area contributed by atoms with E-state index in [1.54, 1.807) is 6.92 Å². The largest absolute Gasteiger partial charge is 0.456 e. The Kier molecular flexibility index (Phi) is 3.35. The number of rotatable bonds is 3. The Labute approximate surface area is 86.3 Å². The molecule has 1 saturated carbocycles. The van der Waals surface area contributed by atoms with Crippen LogP contribution in [0.2, 0.25) is 0 Å². The van der Waals surface area contributed by atoms with Crippen LogP contribution in [0.1, 0.15) is 46.5 Å². The van der Waals surface area contributed by atoms with Gasteiger partial charge in [-0.1, -0.05) is 19.4 Å². The van der Waals surface area contributed by atoms with Gasteiger partial charge < -0.3 is 4.74 Å². The molecule has 0 heterocycles. The van der Waals surface area contributed by atoms with Crippen molar-refractivity contribution in [1.82, 2.24) is 0 Å². The van der Waals surface area contributed by atoms with E-state index >= 15 is 0 Å². The summed E-state index contributed by atoms with van der Waals surface area (Å²) in [5.41, 5.74) is 0.156. The van der Waals surface area contributed by atoms with Gasteiger partial charge in [0.1, 0.15) is 5.60 Å². The fourth-order valence-electron chi connectivity index (χ4n) is 2.03. The number of hydrogen-bond acceptors (Lipinski definition) is 2. The molecule has 80 valence electrons. The van der Waals surface area contributed by atoms with Gasteiger partial charge in [0.05, 0.1) is 0 Å². The maximum Gasteiger partial charge on any atom is 0.333 e. The highest BCUT2D eigenvalue weighted by Crippen LogP contribution is 2.36. The molecule has 0 spiro atoms. The van der Waals surface area contributed by atoms with Gasteiger partial charge in [-0.2, -0.15) is 0 Å². The van der Waals surface area contributed by atoms with E-state index in [0.29, 0.717) is 11.5 Å². The first kappa shape index (κ1) is 11.3. The number of carbonyl (C=O) groups is 1. The molecule has 0 unspecified atom stereocenters. The Morgan fingerprint density at radius 2 is 1.86 bits per heavy atom. The van der Waals surface area contributed by atoms with Crippen LogP contribution in [0, 0.1) is 5.92 Å². The number of esters is 1. The summed E-state index contributed by atoms with van der Waals surface area (Å²) in [7, 11) is 0. The molecule has 0 amide bonds. The summed E-state index contributed by atoms with van der Waals surface area (Å²) in [6, 6.07) is 0. The van der Waals surface area contributed by atoms with Crippen LogP contribution >= 0.6 is 0 Å². The first-order valence-electron chi connectivity index (χ1n) is 5.32.